The van der Waals surface area contributed by atoms with Crippen LogP contribution in [0.2, 0.25) is 0 Å². The monoisotopic (exact) mass is 268 g/mol. The van der Waals surface area contributed by atoms with Gasteiger partial charge in [0.15, 0.2) is 5.96 Å². The Labute approximate surface area is 118 Å². The van der Waals surface area contributed by atoms with E-state index in [4.69, 9.17) is 17.2 Å². The Morgan fingerprint density at radius 2 is 1.74 bits per heavy atom. The number of aliphatic imine (C=N–C) groups is 1. The quantitative estimate of drug-likeness (QED) is 0.488. The highest BCUT2D eigenvalue weighted by Gasteiger charge is 2.38. The summed E-state index contributed by atoms with van der Waals surface area (Å²) in [5, 5.41) is 0. The zero-order valence-corrected chi connectivity index (χ0v) is 12.8. The molecule has 0 bridgehead atoms. The molecule has 0 saturated heterocycles. The molecule has 4 nitrogen and oxygen atoms in total. The first-order valence-corrected chi connectivity index (χ1v) is 7.83. The van der Waals surface area contributed by atoms with Gasteiger partial charge in [-0.15, -0.1) is 0 Å². The summed E-state index contributed by atoms with van der Waals surface area (Å²) in [4.78, 5) is 4.42. The first-order chi connectivity index (χ1) is 8.99. The van der Waals surface area contributed by atoms with E-state index in [1.807, 2.05) is 0 Å². The minimum Gasteiger partial charge on any atom is -0.370 e. The smallest absolute Gasteiger partial charge is 0.186 e. The molecule has 6 N–H and O–H groups in total. The van der Waals surface area contributed by atoms with Gasteiger partial charge in [-0.1, -0.05) is 33.6 Å². The van der Waals surface area contributed by atoms with Crippen LogP contribution in [0, 0.1) is 17.8 Å². The molecule has 1 fully saturated rings. The fraction of sp³-hybridized carbons (Fsp3) is 0.933. The Morgan fingerprint density at radius 3 is 2.21 bits per heavy atom. The molecule has 0 aromatic heterocycles. The van der Waals surface area contributed by atoms with E-state index in [0.29, 0.717) is 17.8 Å². The lowest BCUT2D eigenvalue weighted by molar-refractivity contribution is 0.261. The van der Waals surface area contributed by atoms with Crippen LogP contribution in [0.25, 0.3) is 0 Å². The second-order valence-electron chi connectivity index (χ2n) is 6.28. The van der Waals surface area contributed by atoms with Crippen molar-refractivity contribution in [3.63, 3.8) is 0 Å². The van der Waals surface area contributed by atoms with Crippen LogP contribution in [0.1, 0.15) is 59.3 Å². The van der Waals surface area contributed by atoms with Gasteiger partial charge >= 0.3 is 0 Å². The van der Waals surface area contributed by atoms with Gasteiger partial charge in [-0.2, -0.15) is 0 Å². The molecule has 112 valence electrons. The van der Waals surface area contributed by atoms with E-state index < -0.39 is 0 Å². The third-order valence-electron chi connectivity index (χ3n) is 4.49. The van der Waals surface area contributed by atoms with Crippen molar-refractivity contribution < 1.29 is 0 Å². The highest BCUT2D eigenvalue weighted by molar-refractivity contribution is 5.75. The molecule has 4 heteroatoms. The Bertz CT molecular complexity index is 280. The SMILES string of the molecule is CCCC(CCC)C(N)[C@@H]1C[C@@H](C)C[C@H]1N=C(N)N. The van der Waals surface area contributed by atoms with Gasteiger partial charge in [0.05, 0.1) is 6.04 Å². The number of nitrogens with two attached hydrogens (primary N) is 3. The highest BCUT2D eigenvalue weighted by Crippen LogP contribution is 2.38. The van der Waals surface area contributed by atoms with Crippen molar-refractivity contribution in [2.24, 2.45) is 39.9 Å². The number of nitrogens with zero attached hydrogens (tertiary/aromatic N) is 1. The predicted octanol–water partition coefficient (Wildman–Crippen LogP) is 2.22. The first-order valence-electron chi connectivity index (χ1n) is 7.83. The summed E-state index contributed by atoms with van der Waals surface area (Å²) in [6, 6.07) is 0.462. The zero-order chi connectivity index (χ0) is 14.4. The predicted molar refractivity (Wildman–Crippen MR) is 82.8 cm³/mol. The van der Waals surface area contributed by atoms with Gasteiger partial charge in [0.2, 0.25) is 0 Å². The fourth-order valence-corrected chi connectivity index (χ4v) is 3.68. The third-order valence-corrected chi connectivity index (χ3v) is 4.49. The summed E-state index contributed by atoms with van der Waals surface area (Å²) in [7, 11) is 0. The molecule has 1 aliphatic carbocycles. The maximum Gasteiger partial charge on any atom is 0.186 e. The summed E-state index contributed by atoms with van der Waals surface area (Å²) in [5.41, 5.74) is 17.7. The molecule has 1 saturated carbocycles. The molecule has 1 unspecified atom stereocenters. The van der Waals surface area contributed by atoms with Crippen LogP contribution in [0.15, 0.2) is 4.99 Å². The molecule has 0 amide bonds. The van der Waals surface area contributed by atoms with Crippen molar-refractivity contribution in [2.75, 3.05) is 0 Å². The molecule has 0 aliphatic heterocycles. The van der Waals surface area contributed by atoms with Crippen molar-refractivity contribution in [2.45, 2.75) is 71.4 Å². The van der Waals surface area contributed by atoms with Crippen LogP contribution in [-0.2, 0) is 0 Å². The molecule has 1 aliphatic rings. The van der Waals surface area contributed by atoms with E-state index in [9.17, 15) is 0 Å². The van der Waals surface area contributed by atoms with E-state index in [-0.39, 0.29) is 18.0 Å². The largest absolute Gasteiger partial charge is 0.370 e. The molecule has 0 aromatic rings. The summed E-state index contributed by atoms with van der Waals surface area (Å²) < 4.78 is 0. The molecule has 0 heterocycles. The van der Waals surface area contributed by atoms with E-state index in [0.717, 1.165) is 12.8 Å². The van der Waals surface area contributed by atoms with E-state index in [1.165, 1.54) is 25.7 Å². The zero-order valence-electron chi connectivity index (χ0n) is 12.8. The van der Waals surface area contributed by atoms with Crippen molar-refractivity contribution in [1.29, 1.82) is 0 Å². The molecular weight excluding hydrogens is 236 g/mol. The van der Waals surface area contributed by atoms with Crippen LogP contribution in [0.3, 0.4) is 0 Å². The molecule has 0 aromatic carbocycles. The lowest BCUT2D eigenvalue weighted by Gasteiger charge is -2.31. The van der Waals surface area contributed by atoms with Gasteiger partial charge in [-0.05, 0) is 43.4 Å². The summed E-state index contributed by atoms with van der Waals surface area (Å²) >= 11 is 0. The van der Waals surface area contributed by atoms with Gasteiger partial charge in [-0.25, -0.2) is 4.99 Å². The highest BCUT2D eigenvalue weighted by atomic mass is 15.0. The molecule has 4 atom stereocenters. The van der Waals surface area contributed by atoms with Gasteiger partial charge in [0.1, 0.15) is 0 Å². The van der Waals surface area contributed by atoms with Crippen LogP contribution in [-0.4, -0.2) is 18.0 Å². The van der Waals surface area contributed by atoms with Crippen molar-refractivity contribution in [3.05, 3.63) is 0 Å². The van der Waals surface area contributed by atoms with Crippen LogP contribution < -0.4 is 17.2 Å². The summed E-state index contributed by atoms with van der Waals surface area (Å²) in [6.07, 6.45) is 7.07. The van der Waals surface area contributed by atoms with Gasteiger partial charge in [0, 0.05) is 6.04 Å². The normalized spacial score (nSPS) is 28.6. The number of rotatable bonds is 7. The number of hydrogen-bond acceptors (Lipinski definition) is 2. The van der Waals surface area contributed by atoms with E-state index in [1.54, 1.807) is 0 Å². The van der Waals surface area contributed by atoms with Gasteiger partial charge in [0.25, 0.3) is 0 Å². The molecule has 0 spiro atoms. The van der Waals surface area contributed by atoms with Gasteiger partial charge < -0.3 is 17.2 Å². The summed E-state index contributed by atoms with van der Waals surface area (Å²) in [5.74, 6) is 1.94. The van der Waals surface area contributed by atoms with Crippen LogP contribution in [0.5, 0.6) is 0 Å². The average Bonchev–Trinajstić information content (AvgIpc) is 2.68. The topological polar surface area (TPSA) is 90.4 Å². The van der Waals surface area contributed by atoms with Gasteiger partial charge in [-0.3, -0.25) is 0 Å². The van der Waals surface area contributed by atoms with Crippen molar-refractivity contribution in [3.8, 4) is 0 Å². The lowest BCUT2D eigenvalue weighted by atomic mass is 9.81. The maximum absolute atomic E-state index is 6.57. The first kappa shape index (κ1) is 16.3. The second-order valence-corrected chi connectivity index (χ2v) is 6.28. The van der Waals surface area contributed by atoms with Crippen molar-refractivity contribution in [1.82, 2.24) is 0 Å². The molecule has 0 radical (unpaired) electrons. The minimum absolute atomic E-state index is 0.207. The second kappa shape index (κ2) is 7.73. The van der Waals surface area contributed by atoms with E-state index >= 15 is 0 Å². The lowest BCUT2D eigenvalue weighted by Crippen LogP contribution is -2.41. The maximum atomic E-state index is 6.57. The minimum atomic E-state index is 0.207. The van der Waals surface area contributed by atoms with Crippen LogP contribution in [0.4, 0.5) is 0 Å². The van der Waals surface area contributed by atoms with Crippen LogP contribution >= 0.6 is 0 Å². The Balaban J connectivity index is 2.75. The van der Waals surface area contributed by atoms with Crippen molar-refractivity contribution >= 4 is 5.96 Å². The standard InChI is InChI=1S/C15H32N4/c1-4-6-11(7-5-2)14(16)12-8-10(3)9-13(12)19-15(17)18/h10-14H,4-9,16H2,1-3H3,(H4,17,18,19)/t10-,12-,13-,14?/m1/s1. The van der Waals surface area contributed by atoms with E-state index in [2.05, 4.69) is 25.8 Å². The molecular formula is C15H32N4. The Morgan fingerprint density at radius 1 is 1.16 bits per heavy atom. The number of guanidine groups is 1. The average molecular weight is 268 g/mol. The third kappa shape index (κ3) is 4.68. The number of hydrogen-bond donors (Lipinski definition) is 3. The molecule has 1 rings (SSSR count). The Hall–Kier alpha value is -0.770. The Kier molecular flexibility index (Phi) is 6.63. The summed E-state index contributed by atoms with van der Waals surface area (Å²) in [6.45, 7) is 6.75. The molecule has 19 heavy (non-hydrogen) atoms. The fourth-order valence-electron chi connectivity index (χ4n) is 3.68.